The van der Waals surface area contributed by atoms with Crippen LogP contribution in [0.4, 0.5) is 0 Å². The zero-order chi connectivity index (χ0) is 18.2. The van der Waals surface area contributed by atoms with Crippen molar-refractivity contribution < 1.29 is 8.42 Å². The van der Waals surface area contributed by atoms with Crippen LogP contribution in [0, 0.1) is 13.8 Å². The molecule has 2 aromatic heterocycles. The van der Waals surface area contributed by atoms with Crippen LogP contribution < -0.4 is 0 Å². The average molecular weight is 373 g/mol. The fraction of sp³-hybridized carbons (Fsp3) is 0.158. The Balaban J connectivity index is 2.18. The quantitative estimate of drug-likeness (QED) is 0.679. The van der Waals surface area contributed by atoms with E-state index < -0.39 is 9.84 Å². The van der Waals surface area contributed by atoms with E-state index in [9.17, 15) is 8.42 Å². The van der Waals surface area contributed by atoms with Gasteiger partial charge in [-0.3, -0.25) is 9.97 Å². The molecule has 1 aromatic carbocycles. The highest BCUT2D eigenvalue weighted by Crippen LogP contribution is 2.34. The van der Waals surface area contributed by atoms with Crippen molar-refractivity contribution >= 4 is 21.4 Å². The lowest BCUT2D eigenvalue weighted by molar-refractivity contribution is 0.602. The minimum atomic E-state index is -3.24. The van der Waals surface area contributed by atoms with Gasteiger partial charge in [0, 0.05) is 29.3 Å². The van der Waals surface area contributed by atoms with E-state index in [-0.39, 0.29) is 4.90 Å². The second-order valence-corrected chi connectivity index (χ2v) is 8.36. The number of aromatic nitrogens is 2. The summed E-state index contributed by atoms with van der Waals surface area (Å²) in [4.78, 5) is 9.25. The topological polar surface area (TPSA) is 59.9 Å². The maximum absolute atomic E-state index is 11.7. The highest BCUT2D eigenvalue weighted by atomic mass is 35.5. The van der Waals surface area contributed by atoms with Crippen molar-refractivity contribution in [1.29, 1.82) is 0 Å². The Morgan fingerprint density at radius 1 is 0.960 bits per heavy atom. The van der Waals surface area contributed by atoms with Crippen LogP contribution in [0.1, 0.15) is 11.4 Å². The summed E-state index contributed by atoms with van der Waals surface area (Å²) in [6, 6.07) is 12.5. The van der Waals surface area contributed by atoms with E-state index in [1.54, 1.807) is 30.5 Å². The first-order valence-corrected chi connectivity index (χ1v) is 9.93. The van der Waals surface area contributed by atoms with Gasteiger partial charge in [-0.25, -0.2) is 8.42 Å². The van der Waals surface area contributed by atoms with Crippen LogP contribution in [0.25, 0.3) is 22.4 Å². The van der Waals surface area contributed by atoms with Crippen LogP contribution in [0.15, 0.2) is 53.6 Å². The summed E-state index contributed by atoms with van der Waals surface area (Å²) in [5.74, 6) is 0. The highest BCUT2D eigenvalue weighted by molar-refractivity contribution is 7.90. The zero-order valence-electron chi connectivity index (χ0n) is 14.1. The molecule has 0 saturated carbocycles. The number of halogens is 1. The molecule has 0 aliphatic rings. The standard InChI is InChI=1S/C19H17ClN2O2S/c1-12-4-5-15(11-21-12)19-17(10-18(20)13(2)22-19)14-6-8-16(9-7-14)25(3,23)24/h4-11H,1-3H3. The molecule has 2 heterocycles. The van der Waals surface area contributed by atoms with Crippen molar-refractivity contribution in [2.45, 2.75) is 18.7 Å². The number of benzene rings is 1. The number of rotatable bonds is 3. The van der Waals surface area contributed by atoms with E-state index in [2.05, 4.69) is 9.97 Å². The van der Waals surface area contributed by atoms with E-state index >= 15 is 0 Å². The number of pyridine rings is 2. The zero-order valence-corrected chi connectivity index (χ0v) is 15.7. The molecule has 3 rings (SSSR count). The van der Waals surface area contributed by atoms with Crippen molar-refractivity contribution in [3.63, 3.8) is 0 Å². The van der Waals surface area contributed by atoms with Gasteiger partial charge >= 0.3 is 0 Å². The SMILES string of the molecule is Cc1ccc(-c2nc(C)c(Cl)cc2-c2ccc(S(C)(=O)=O)cc2)cn1. The van der Waals surface area contributed by atoms with E-state index in [0.29, 0.717) is 5.02 Å². The predicted molar refractivity (Wildman–Crippen MR) is 100 cm³/mol. The molecule has 0 saturated heterocycles. The number of nitrogens with zero attached hydrogens (tertiary/aromatic N) is 2. The third-order valence-corrected chi connectivity index (χ3v) is 5.44. The lowest BCUT2D eigenvalue weighted by Crippen LogP contribution is -1.97. The maximum atomic E-state index is 11.7. The van der Waals surface area contributed by atoms with E-state index in [0.717, 1.165) is 33.8 Å². The van der Waals surface area contributed by atoms with Crippen LogP contribution in [-0.4, -0.2) is 24.6 Å². The van der Waals surface area contributed by atoms with Gasteiger partial charge in [0.05, 0.1) is 21.3 Å². The number of sulfone groups is 1. The summed E-state index contributed by atoms with van der Waals surface area (Å²) in [6.45, 7) is 3.78. The monoisotopic (exact) mass is 372 g/mol. The molecule has 0 spiro atoms. The highest BCUT2D eigenvalue weighted by Gasteiger charge is 2.14. The number of hydrogen-bond donors (Lipinski definition) is 0. The van der Waals surface area contributed by atoms with Gasteiger partial charge in [0.25, 0.3) is 0 Å². The second-order valence-electron chi connectivity index (χ2n) is 5.94. The van der Waals surface area contributed by atoms with E-state index in [1.165, 1.54) is 6.26 Å². The first-order valence-electron chi connectivity index (χ1n) is 7.66. The maximum Gasteiger partial charge on any atom is 0.175 e. The van der Waals surface area contributed by atoms with E-state index in [1.807, 2.05) is 32.0 Å². The summed E-state index contributed by atoms with van der Waals surface area (Å²) < 4.78 is 23.3. The van der Waals surface area contributed by atoms with Crippen LogP contribution in [0.5, 0.6) is 0 Å². The van der Waals surface area contributed by atoms with Crippen LogP contribution >= 0.6 is 11.6 Å². The summed E-state index contributed by atoms with van der Waals surface area (Å²) >= 11 is 6.28. The molecular weight excluding hydrogens is 356 g/mol. The van der Waals surface area contributed by atoms with Gasteiger partial charge in [-0.05, 0) is 49.7 Å². The molecule has 0 bridgehead atoms. The smallest absolute Gasteiger partial charge is 0.175 e. The normalized spacial score (nSPS) is 11.5. The fourth-order valence-electron chi connectivity index (χ4n) is 2.51. The molecule has 0 unspecified atom stereocenters. The van der Waals surface area contributed by atoms with Crippen LogP contribution in [0.2, 0.25) is 5.02 Å². The van der Waals surface area contributed by atoms with Crippen LogP contribution in [0.3, 0.4) is 0 Å². The van der Waals surface area contributed by atoms with Gasteiger partial charge in [-0.15, -0.1) is 0 Å². The van der Waals surface area contributed by atoms with Gasteiger partial charge in [0.15, 0.2) is 9.84 Å². The Hall–Kier alpha value is -2.24. The number of aryl methyl sites for hydroxylation is 2. The average Bonchev–Trinajstić information content (AvgIpc) is 2.57. The largest absolute Gasteiger partial charge is 0.261 e. The van der Waals surface area contributed by atoms with Gasteiger partial charge in [0.2, 0.25) is 0 Å². The Morgan fingerprint density at radius 3 is 2.16 bits per heavy atom. The molecular formula is C19H17ClN2O2S. The molecule has 3 aromatic rings. The molecule has 0 N–H and O–H groups in total. The van der Waals surface area contributed by atoms with Gasteiger partial charge < -0.3 is 0 Å². The minimum absolute atomic E-state index is 0.279. The molecule has 4 nitrogen and oxygen atoms in total. The van der Waals surface area contributed by atoms with Crippen molar-refractivity contribution in [3.05, 3.63) is 65.1 Å². The van der Waals surface area contributed by atoms with Crippen molar-refractivity contribution in [2.24, 2.45) is 0 Å². The van der Waals surface area contributed by atoms with Crippen molar-refractivity contribution in [3.8, 4) is 22.4 Å². The molecule has 6 heteroatoms. The Labute approximate surface area is 152 Å². The van der Waals surface area contributed by atoms with Gasteiger partial charge in [-0.1, -0.05) is 23.7 Å². The fourth-order valence-corrected chi connectivity index (χ4v) is 3.29. The lowest BCUT2D eigenvalue weighted by atomic mass is 9.99. The minimum Gasteiger partial charge on any atom is -0.261 e. The van der Waals surface area contributed by atoms with Crippen LogP contribution in [-0.2, 0) is 9.84 Å². The molecule has 0 fully saturated rings. The summed E-state index contributed by atoms with van der Waals surface area (Å²) in [5.41, 5.74) is 4.98. The molecule has 0 aliphatic carbocycles. The Kier molecular flexibility index (Phi) is 4.62. The second kappa shape index (κ2) is 6.58. The molecule has 128 valence electrons. The molecule has 25 heavy (non-hydrogen) atoms. The third kappa shape index (κ3) is 3.72. The first-order chi connectivity index (χ1) is 11.8. The Bertz CT molecular complexity index is 1030. The van der Waals surface area contributed by atoms with E-state index in [4.69, 9.17) is 11.6 Å². The summed E-state index contributed by atoms with van der Waals surface area (Å²) in [5, 5.41) is 0.561. The Morgan fingerprint density at radius 2 is 1.60 bits per heavy atom. The lowest BCUT2D eigenvalue weighted by Gasteiger charge is -2.12. The number of hydrogen-bond acceptors (Lipinski definition) is 4. The third-order valence-electron chi connectivity index (χ3n) is 3.93. The molecule has 0 atom stereocenters. The van der Waals surface area contributed by atoms with Gasteiger partial charge in [-0.2, -0.15) is 0 Å². The van der Waals surface area contributed by atoms with Crippen molar-refractivity contribution in [1.82, 2.24) is 9.97 Å². The predicted octanol–water partition coefficient (Wildman–Crippen LogP) is 4.48. The molecule has 0 radical (unpaired) electrons. The summed E-state index contributed by atoms with van der Waals surface area (Å²) in [6.07, 6.45) is 2.97. The summed E-state index contributed by atoms with van der Waals surface area (Å²) in [7, 11) is -3.24. The van der Waals surface area contributed by atoms with Gasteiger partial charge in [0.1, 0.15) is 0 Å². The van der Waals surface area contributed by atoms with Crippen molar-refractivity contribution in [2.75, 3.05) is 6.26 Å². The molecule has 0 aliphatic heterocycles. The first kappa shape index (κ1) is 17.6. The molecule has 0 amide bonds.